The van der Waals surface area contributed by atoms with Gasteiger partial charge in [0.1, 0.15) is 35.4 Å². The molecule has 11 heteroatoms. The first kappa shape index (κ1) is 32.2. The van der Waals surface area contributed by atoms with Crippen molar-refractivity contribution in [2.24, 2.45) is 23.1 Å². The molecule has 2 aromatic rings. The van der Waals surface area contributed by atoms with Gasteiger partial charge < -0.3 is 42.4 Å². The molecule has 44 heavy (non-hydrogen) atoms. The summed E-state index contributed by atoms with van der Waals surface area (Å²) < 4.78 is 6.12. The van der Waals surface area contributed by atoms with Crippen molar-refractivity contribution in [3.05, 3.63) is 47.5 Å². The maximum absolute atomic E-state index is 14.1. The molecule has 3 aliphatic rings. The van der Waals surface area contributed by atoms with Crippen LogP contribution in [0.2, 0.25) is 0 Å². The molecule has 10 N–H and O–H groups in total. The van der Waals surface area contributed by atoms with Gasteiger partial charge in [-0.05, 0) is 98.5 Å². The van der Waals surface area contributed by atoms with Gasteiger partial charge in [0, 0.05) is 25.1 Å². The van der Waals surface area contributed by atoms with Crippen LogP contribution in [0.4, 0.5) is 0 Å². The molecule has 4 bridgehead atoms. The van der Waals surface area contributed by atoms with E-state index in [1.165, 1.54) is 0 Å². The molecule has 6 unspecified atom stereocenters. The fourth-order valence-corrected chi connectivity index (χ4v) is 6.48. The van der Waals surface area contributed by atoms with Crippen LogP contribution in [0.5, 0.6) is 11.5 Å². The lowest BCUT2D eigenvalue weighted by molar-refractivity contribution is -0.138. The zero-order valence-corrected chi connectivity index (χ0v) is 25.8. The number of nitrogens with zero attached hydrogens (tertiary/aromatic N) is 1. The third kappa shape index (κ3) is 6.87. The van der Waals surface area contributed by atoms with E-state index < -0.39 is 29.4 Å². The number of amides is 2. The van der Waals surface area contributed by atoms with Crippen LogP contribution in [0.25, 0.3) is 11.1 Å². The number of benzene rings is 2. The van der Waals surface area contributed by atoms with Gasteiger partial charge in [0.15, 0.2) is 0 Å². The van der Waals surface area contributed by atoms with E-state index in [2.05, 4.69) is 17.6 Å². The number of unbranched alkanes of at least 4 members (excludes halogenated alkanes) is 1. The smallest absolute Gasteiger partial charge is 0.245 e. The lowest BCUT2D eigenvalue weighted by Gasteiger charge is -2.32. The maximum atomic E-state index is 14.1. The van der Waals surface area contributed by atoms with Crippen molar-refractivity contribution in [1.29, 1.82) is 0 Å². The number of phenols is 2. The average molecular weight is 609 g/mol. The second-order valence-electron chi connectivity index (χ2n) is 12.9. The standard InChI is InChI=1S/C33H48N6O5/c1-19(6-3-4-12-34)18-37-30-29(44-30)26-16-22-14-20(8-10-27(22)40)21-9-11-28(41)23(15-21)24-17-33(24,36)32(43)38-25(7-5-13-35)31(42)39(26)2/h8-11,14-15,19,24-26,29-30,37,40-41H,3-7,12-13,16-18,34-36H2,1-2H3,(H,38,43)/t19?,24?,25-,26?,29?,30?,33?/m0/s1. The average Bonchev–Trinajstić information content (AvgIpc) is 3.93. The van der Waals surface area contributed by atoms with Crippen molar-refractivity contribution >= 4 is 11.8 Å². The molecule has 2 aromatic carbocycles. The van der Waals surface area contributed by atoms with Crippen LogP contribution in [0.15, 0.2) is 36.4 Å². The molecule has 1 saturated heterocycles. The van der Waals surface area contributed by atoms with Gasteiger partial charge >= 0.3 is 0 Å². The minimum Gasteiger partial charge on any atom is -0.508 e. The predicted molar refractivity (Wildman–Crippen MR) is 169 cm³/mol. The minimum absolute atomic E-state index is 0.0656. The highest BCUT2D eigenvalue weighted by atomic mass is 16.6. The highest BCUT2D eigenvalue weighted by molar-refractivity contribution is 5.95. The Balaban J connectivity index is 1.47. The number of likely N-dealkylation sites (N-methyl/N-ethyl adjacent to an activating group) is 1. The van der Waals surface area contributed by atoms with Gasteiger partial charge in [0.05, 0.1) is 6.04 Å². The zero-order chi connectivity index (χ0) is 31.6. The summed E-state index contributed by atoms with van der Waals surface area (Å²) in [5.41, 5.74) is 19.7. The van der Waals surface area contributed by atoms with Gasteiger partial charge in [-0.25, -0.2) is 0 Å². The number of hydrogen-bond donors (Lipinski definition) is 7. The van der Waals surface area contributed by atoms with Crippen molar-refractivity contribution in [2.75, 3.05) is 26.7 Å². The van der Waals surface area contributed by atoms with E-state index in [9.17, 15) is 19.8 Å². The summed E-state index contributed by atoms with van der Waals surface area (Å²) in [6, 6.07) is 9.41. The number of nitrogens with two attached hydrogens (primary N) is 3. The summed E-state index contributed by atoms with van der Waals surface area (Å²) in [5, 5.41) is 28.1. The Labute approximate surface area is 259 Å². The van der Waals surface area contributed by atoms with Gasteiger partial charge in [-0.2, -0.15) is 0 Å². The quantitative estimate of drug-likeness (QED) is 0.147. The van der Waals surface area contributed by atoms with Crippen molar-refractivity contribution < 1.29 is 24.5 Å². The summed E-state index contributed by atoms with van der Waals surface area (Å²) in [4.78, 5) is 29.3. The normalized spacial score (nSPS) is 28.8. The molecule has 1 saturated carbocycles. The van der Waals surface area contributed by atoms with Gasteiger partial charge in [0.25, 0.3) is 0 Å². The summed E-state index contributed by atoms with van der Waals surface area (Å²) in [6.07, 6.45) is 4.17. The molecular weight excluding hydrogens is 560 g/mol. The zero-order valence-electron chi connectivity index (χ0n) is 25.8. The van der Waals surface area contributed by atoms with Crippen molar-refractivity contribution in [3.63, 3.8) is 0 Å². The lowest BCUT2D eigenvalue weighted by atomic mass is 9.94. The highest BCUT2D eigenvalue weighted by Crippen LogP contribution is 2.53. The molecule has 5 rings (SSSR count). The van der Waals surface area contributed by atoms with E-state index in [-0.39, 0.29) is 29.7 Å². The van der Waals surface area contributed by atoms with Crippen LogP contribution in [0.3, 0.4) is 0 Å². The van der Waals surface area contributed by atoms with E-state index in [1.807, 2.05) is 24.3 Å². The summed E-state index contributed by atoms with van der Waals surface area (Å²) >= 11 is 0. The fraction of sp³-hybridized carbons (Fsp3) is 0.576. The first-order valence-corrected chi connectivity index (χ1v) is 15.9. The van der Waals surface area contributed by atoms with Gasteiger partial charge in [-0.1, -0.05) is 25.5 Å². The molecule has 0 aromatic heterocycles. The number of nitrogens with one attached hydrogen (secondary N) is 2. The molecule has 2 amide bonds. The highest BCUT2D eigenvalue weighted by Gasteiger charge is 2.59. The Hall–Kier alpha value is -3.22. The van der Waals surface area contributed by atoms with Crippen LogP contribution >= 0.6 is 0 Å². The molecule has 240 valence electrons. The number of carbonyl (C=O) groups excluding carboxylic acids is 2. The van der Waals surface area contributed by atoms with Crippen molar-refractivity contribution in [3.8, 4) is 22.6 Å². The lowest BCUT2D eigenvalue weighted by Crippen LogP contribution is -2.56. The summed E-state index contributed by atoms with van der Waals surface area (Å²) in [7, 11) is 1.72. The molecular formula is C33H48N6O5. The Morgan fingerprint density at radius 1 is 1.07 bits per heavy atom. The molecule has 0 radical (unpaired) electrons. The van der Waals surface area contributed by atoms with Gasteiger partial charge in [-0.15, -0.1) is 0 Å². The van der Waals surface area contributed by atoms with E-state index in [0.717, 1.165) is 36.9 Å². The number of rotatable bonds is 11. The molecule has 2 fully saturated rings. The SMILES string of the molecule is CC(CCCCN)CNC1OC1C1Cc2cc(ccc2O)-c2ccc(O)c(c2)C2CC2(N)C(=O)N[C@@H](CCCN)C(=O)N1C. The third-order valence-corrected chi connectivity index (χ3v) is 9.54. The van der Waals surface area contributed by atoms with Crippen LogP contribution in [0.1, 0.15) is 62.5 Å². The minimum atomic E-state index is -1.24. The Morgan fingerprint density at radius 3 is 2.50 bits per heavy atom. The second kappa shape index (κ2) is 13.4. The van der Waals surface area contributed by atoms with E-state index in [4.69, 9.17) is 21.9 Å². The Morgan fingerprint density at radius 2 is 1.77 bits per heavy atom. The molecule has 2 heterocycles. The van der Waals surface area contributed by atoms with E-state index in [1.54, 1.807) is 24.1 Å². The number of carbonyl (C=O) groups is 2. The monoisotopic (exact) mass is 608 g/mol. The predicted octanol–water partition coefficient (Wildman–Crippen LogP) is 1.64. The molecule has 1 aliphatic carbocycles. The summed E-state index contributed by atoms with van der Waals surface area (Å²) in [5.74, 6) is -0.458. The number of phenolic OH excluding ortho intramolecular Hbond substituents is 2. The number of ether oxygens (including phenoxy) is 1. The number of epoxide rings is 1. The van der Waals surface area contributed by atoms with Crippen molar-refractivity contribution in [1.82, 2.24) is 15.5 Å². The number of fused-ring (bicyclic) bond motifs is 7. The largest absolute Gasteiger partial charge is 0.508 e. The first-order valence-electron chi connectivity index (χ1n) is 15.9. The van der Waals surface area contributed by atoms with Crippen molar-refractivity contribution in [2.45, 2.75) is 87.7 Å². The maximum Gasteiger partial charge on any atom is 0.245 e. The Kier molecular flexibility index (Phi) is 9.81. The number of aromatic hydroxyl groups is 2. The molecule has 11 nitrogen and oxygen atoms in total. The topological polar surface area (TPSA) is 192 Å². The van der Waals surface area contributed by atoms with Crippen LogP contribution < -0.4 is 27.8 Å². The van der Waals surface area contributed by atoms with Crippen LogP contribution in [0, 0.1) is 5.92 Å². The van der Waals surface area contributed by atoms with Gasteiger partial charge in [-0.3, -0.25) is 14.9 Å². The summed E-state index contributed by atoms with van der Waals surface area (Å²) in [6.45, 7) is 4.02. The first-order chi connectivity index (χ1) is 21.1. The fourth-order valence-electron chi connectivity index (χ4n) is 6.48. The third-order valence-electron chi connectivity index (χ3n) is 9.54. The van der Waals surface area contributed by atoms with Crippen LogP contribution in [-0.4, -0.2) is 83.6 Å². The Bertz CT molecular complexity index is 1360. The van der Waals surface area contributed by atoms with Crippen LogP contribution in [-0.2, 0) is 20.7 Å². The van der Waals surface area contributed by atoms with Gasteiger partial charge in [0.2, 0.25) is 11.8 Å². The van der Waals surface area contributed by atoms with E-state index >= 15 is 0 Å². The number of hydrogen-bond acceptors (Lipinski definition) is 9. The second-order valence-corrected chi connectivity index (χ2v) is 12.9. The molecule has 2 aliphatic heterocycles. The molecule has 0 spiro atoms. The molecule has 7 atom stereocenters. The van der Waals surface area contributed by atoms with E-state index in [0.29, 0.717) is 55.8 Å².